The Kier molecular flexibility index (Phi) is 7.00. The van der Waals surface area contributed by atoms with E-state index >= 15 is 0 Å². The number of nitrogen functional groups attached to an aromatic ring is 1. The average molecular weight is 266 g/mol. The number of hydrogen-bond donors (Lipinski definition) is 2. The minimum absolute atomic E-state index is 0.272. The van der Waals surface area contributed by atoms with Gasteiger partial charge < -0.3 is 15.8 Å². The molecule has 1 aromatic heterocycles. The smallest absolute Gasteiger partial charge is 0.222 e. The van der Waals surface area contributed by atoms with Crippen LogP contribution < -0.4 is 15.8 Å². The number of ether oxygens (including phenoxy) is 1. The van der Waals surface area contributed by atoms with Crippen molar-refractivity contribution in [3.05, 3.63) is 6.20 Å². The number of nitrogens with zero attached hydrogens (tertiary/aromatic N) is 2. The number of rotatable bonds is 9. The van der Waals surface area contributed by atoms with Crippen molar-refractivity contribution in [1.29, 1.82) is 0 Å². The van der Waals surface area contributed by atoms with E-state index in [0.717, 1.165) is 32.2 Å². The molecule has 19 heavy (non-hydrogen) atoms. The van der Waals surface area contributed by atoms with Crippen LogP contribution >= 0.6 is 0 Å². The largest absolute Gasteiger partial charge is 0.488 e. The maximum absolute atomic E-state index is 5.73. The highest BCUT2D eigenvalue weighted by molar-refractivity contribution is 5.51. The second kappa shape index (κ2) is 8.56. The zero-order valence-corrected chi connectivity index (χ0v) is 12.3. The van der Waals surface area contributed by atoms with Gasteiger partial charge in [-0.05, 0) is 25.2 Å². The lowest BCUT2D eigenvalue weighted by molar-refractivity contribution is 0.297. The molecular weight excluding hydrogens is 240 g/mol. The van der Waals surface area contributed by atoms with Gasteiger partial charge in [-0.1, -0.05) is 27.2 Å². The minimum Gasteiger partial charge on any atom is -0.488 e. The van der Waals surface area contributed by atoms with Gasteiger partial charge in [0.2, 0.25) is 5.95 Å². The number of nitrogens with two attached hydrogens (primary N) is 1. The fourth-order valence-electron chi connectivity index (χ4n) is 1.67. The summed E-state index contributed by atoms with van der Waals surface area (Å²) in [5.74, 6) is 2.36. The van der Waals surface area contributed by atoms with Gasteiger partial charge in [-0.25, -0.2) is 4.98 Å². The molecule has 5 nitrogen and oxygen atoms in total. The summed E-state index contributed by atoms with van der Waals surface area (Å²) in [4.78, 5) is 8.17. The Morgan fingerprint density at radius 1 is 1.37 bits per heavy atom. The normalized spacial score (nSPS) is 10.7. The Labute approximate surface area is 116 Å². The van der Waals surface area contributed by atoms with Crippen molar-refractivity contribution in [2.75, 3.05) is 24.2 Å². The third-order valence-corrected chi connectivity index (χ3v) is 2.78. The second-order valence-corrected chi connectivity index (χ2v) is 5.11. The van der Waals surface area contributed by atoms with Crippen LogP contribution in [0.5, 0.6) is 5.75 Å². The van der Waals surface area contributed by atoms with Gasteiger partial charge in [0.15, 0.2) is 11.6 Å². The summed E-state index contributed by atoms with van der Waals surface area (Å²) in [6.45, 7) is 8.14. The second-order valence-electron chi connectivity index (χ2n) is 5.11. The molecule has 0 amide bonds. The van der Waals surface area contributed by atoms with E-state index in [2.05, 4.69) is 36.1 Å². The van der Waals surface area contributed by atoms with E-state index in [-0.39, 0.29) is 5.95 Å². The highest BCUT2D eigenvalue weighted by Crippen LogP contribution is 2.22. The first-order valence-electron chi connectivity index (χ1n) is 7.12. The topological polar surface area (TPSA) is 73.1 Å². The molecule has 0 aliphatic heterocycles. The summed E-state index contributed by atoms with van der Waals surface area (Å²) in [5, 5.41) is 3.25. The maximum Gasteiger partial charge on any atom is 0.222 e. The molecule has 0 radical (unpaired) electrons. The van der Waals surface area contributed by atoms with Crippen molar-refractivity contribution in [2.45, 2.75) is 46.5 Å². The number of nitrogens with one attached hydrogen (secondary N) is 1. The van der Waals surface area contributed by atoms with Crippen LogP contribution in [0.3, 0.4) is 0 Å². The van der Waals surface area contributed by atoms with E-state index in [1.54, 1.807) is 6.20 Å². The quantitative estimate of drug-likeness (QED) is 0.672. The van der Waals surface area contributed by atoms with Gasteiger partial charge in [0.1, 0.15) is 0 Å². The van der Waals surface area contributed by atoms with Crippen LogP contribution in [-0.2, 0) is 0 Å². The molecule has 1 rings (SSSR count). The molecule has 1 aromatic rings. The van der Waals surface area contributed by atoms with E-state index in [1.807, 2.05) is 0 Å². The zero-order valence-electron chi connectivity index (χ0n) is 12.3. The Hall–Kier alpha value is -1.52. The highest BCUT2D eigenvalue weighted by atomic mass is 16.5. The Bertz CT molecular complexity index is 368. The first-order valence-corrected chi connectivity index (χ1v) is 7.12. The summed E-state index contributed by atoms with van der Waals surface area (Å²) in [6, 6.07) is 0. The average Bonchev–Trinajstić information content (AvgIpc) is 2.36. The van der Waals surface area contributed by atoms with Crippen molar-refractivity contribution < 1.29 is 4.74 Å². The van der Waals surface area contributed by atoms with Gasteiger partial charge >= 0.3 is 0 Å². The SMILES string of the molecule is CCCCNc1nc(N)ncc1OCCCC(C)C. The molecule has 0 saturated heterocycles. The van der Waals surface area contributed by atoms with Gasteiger partial charge in [0, 0.05) is 6.54 Å². The van der Waals surface area contributed by atoms with Gasteiger partial charge in [-0.15, -0.1) is 0 Å². The maximum atomic E-state index is 5.73. The third kappa shape index (κ3) is 6.27. The standard InChI is InChI=1S/C14H26N4O/c1-4-5-8-16-13-12(10-17-14(15)18-13)19-9-6-7-11(2)3/h10-11H,4-9H2,1-3H3,(H3,15,16,17,18). The number of aromatic nitrogens is 2. The number of unbranched alkanes of at least 4 members (excludes halogenated alkanes) is 1. The Morgan fingerprint density at radius 3 is 2.84 bits per heavy atom. The predicted octanol–water partition coefficient (Wildman–Crippen LogP) is 3.09. The number of hydrogen-bond acceptors (Lipinski definition) is 5. The molecule has 0 aliphatic rings. The van der Waals surface area contributed by atoms with Gasteiger partial charge in [0.25, 0.3) is 0 Å². The summed E-state index contributed by atoms with van der Waals surface area (Å²) >= 11 is 0. The van der Waals surface area contributed by atoms with Crippen LogP contribution in [0.4, 0.5) is 11.8 Å². The molecule has 0 bridgehead atoms. The van der Waals surface area contributed by atoms with E-state index in [4.69, 9.17) is 10.5 Å². The highest BCUT2D eigenvalue weighted by Gasteiger charge is 2.07. The third-order valence-electron chi connectivity index (χ3n) is 2.78. The first-order chi connectivity index (χ1) is 9.13. The van der Waals surface area contributed by atoms with Crippen molar-refractivity contribution in [1.82, 2.24) is 9.97 Å². The monoisotopic (exact) mass is 266 g/mol. The molecule has 0 saturated carbocycles. The van der Waals surface area contributed by atoms with E-state index in [0.29, 0.717) is 24.1 Å². The molecule has 0 fully saturated rings. The van der Waals surface area contributed by atoms with Gasteiger partial charge in [-0.2, -0.15) is 4.98 Å². The molecule has 0 aromatic carbocycles. The first kappa shape index (κ1) is 15.5. The van der Waals surface area contributed by atoms with E-state index in [1.165, 1.54) is 0 Å². The number of anilines is 2. The molecule has 1 heterocycles. The lowest BCUT2D eigenvalue weighted by Crippen LogP contribution is -2.09. The zero-order chi connectivity index (χ0) is 14.1. The van der Waals surface area contributed by atoms with E-state index < -0.39 is 0 Å². The summed E-state index contributed by atoms with van der Waals surface area (Å²) in [7, 11) is 0. The molecule has 0 spiro atoms. The molecule has 3 N–H and O–H groups in total. The Balaban J connectivity index is 2.50. The fourth-order valence-corrected chi connectivity index (χ4v) is 1.67. The fraction of sp³-hybridized carbons (Fsp3) is 0.714. The van der Waals surface area contributed by atoms with Crippen molar-refractivity contribution >= 4 is 11.8 Å². The Morgan fingerprint density at radius 2 is 2.16 bits per heavy atom. The van der Waals surface area contributed by atoms with Crippen LogP contribution in [0.1, 0.15) is 46.5 Å². The predicted molar refractivity (Wildman–Crippen MR) is 79.4 cm³/mol. The lowest BCUT2D eigenvalue weighted by Gasteiger charge is -2.12. The lowest BCUT2D eigenvalue weighted by atomic mass is 10.1. The minimum atomic E-state index is 0.272. The van der Waals surface area contributed by atoms with Crippen LogP contribution in [0.15, 0.2) is 6.20 Å². The van der Waals surface area contributed by atoms with Crippen molar-refractivity contribution in [2.24, 2.45) is 5.92 Å². The summed E-state index contributed by atoms with van der Waals surface area (Å²) in [6.07, 6.45) is 6.08. The summed E-state index contributed by atoms with van der Waals surface area (Å²) < 4.78 is 5.73. The molecule has 0 aliphatic carbocycles. The van der Waals surface area contributed by atoms with Gasteiger partial charge in [0.05, 0.1) is 12.8 Å². The van der Waals surface area contributed by atoms with Crippen molar-refractivity contribution in [3.63, 3.8) is 0 Å². The van der Waals surface area contributed by atoms with Crippen LogP contribution in [0.2, 0.25) is 0 Å². The van der Waals surface area contributed by atoms with Crippen LogP contribution in [-0.4, -0.2) is 23.1 Å². The van der Waals surface area contributed by atoms with Gasteiger partial charge in [-0.3, -0.25) is 0 Å². The molecule has 0 unspecified atom stereocenters. The summed E-state index contributed by atoms with van der Waals surface area (Å²) in [5.41, 5.74) is 5.61. The van der Waals surface area contributed by atoms with Crippen LogP contribution in [0, 0.1) is 5.92 Å². The molecular formula is C14H26N4O. The molecule has 5 heteroatoms. The van der Waals surface area contributed by atoms with Crippen molar-refractivity contribution in [3.8, 4) is 5.75 Å². The van der Waals surface area contributed by atoms with E-state index in [9.17, 15) is 0 Å². The van der Waals surface area contributed by atoms with Crippen LogP contribution in [0.25, 0.3) is 0 Å². The molecule has 108 valence electrons. The molecule has 0 atom stereocenters.